The van der Waals surface area contributed by atoms with E-state index in [-0.39, 0.29) is 0 Å². The van der Waals surface area contributed by atoms with Gasteiger partial charge in [-0.25, -0.2) is 29.9 Å². The first-order valence-electron chi connectivity index (χ1n) is 36.3. The van der Waals surface area contributed by atoms with Gasteiger partial charge in [0.05, 0.1) is 56.0 Å². The fourth-order valence-corrected chi connectivity index (χ4v) is 15.2. The van der Waals surface area contributed by atoms with Crippen LogP contribution in [-0.4, -0.2) is 29.9 Å². The Hall–Kier alpha value is -14.6. The number of hydrogen-bond donors (Lipinski definition) is 0. The molecule has 0 aliphatic rings. The van der Waals surface area contributed by atoms with Gasteiger partial charge in [-0.1, -0.05) is 328 Å². The molecule has 6 aromatic heterocycles. The lowest BCUT2D eigenvalue weighted by Gasteiger charge is -2.12. The number of hydrogen-bond acceptors (Lipinski definition) is 8. The second kappa shape index (κ2) is 26.9. The maximum Gasteiger partial charge on any atom is 0.160 e. The summed E-state index contributed by atoms with van der Waals surface area (Å²) in [6.45, 7) is 0. The molecule has 8 nitrogen and oxygen atoms in total. The molecule has 15 aromatic carbocycles. The molecule has 0 radical (unpaired) electrons. The molecule has 21 rings (SSSR count). The van der Waals surface area contributed by atoms with Gasteiger partial charge in [-0.05, 0) is 103 Å². The van der Waals surface area contributed by atoms with E-state index in [4.69, 9.17) is 38.7 Å². The first kappa shape index (κ1) is 63.1. The van der Waals surface area contributed by atoms with Crippen molar-refractivity contribution in [3.05, 3.63) is 376 Å². The minimum absolute atomic E-state index is 0.660. The SMILES string of the molecule is c1ccc(-c2cc(-c3ccccc3)nc(-c3ccc(-c4ccc5nc(-c6cccc7ccccc67)c6c7ccccc7oc6c5c4)cc3)n2)cc1.c1ccc(-c2ccc(-c3cc(-c4ccc5nc(-c6cccc7ccccc67)c6c7ccccc7oc6c5c4)nc(-c4ccc(-c5ccccc5)cc4)n3)cc2)cc1. The van der Waals surface area contributed by atoms with Gasteiger partial charge in [-0.3, -0.25) is 0 Å². The zero-order valence-corrected chi connectivity index (χ0v) is 58.3. The lowest BCUT2D eigenvalue weighted by Crippen LogP contribution is -1.96. The molecule has 0 atom stereocenters. The summed E-state index contributed by atoms with van der Waals surface area (Å²) in [5.41, 5.74) is 25.4. The lowest BCUT2D eigenvalue weighted by atomic mass is 9.96. The minimum atomic E-state index is 0.660. The summed E-state index contributed by atoms with van der Waals surface area (Å²) >= 11 is 0. The highest BCUT2D eigenvalue weighted by Gasteiger charge is 2.23. The molecule has 21 aromatic rings. The molecule has 0 saturated heterocycles. The third kappa shape index (κ3) is 11.6. The second-order valence-corrected chi connectivity index (χ2v) is 27.2. The van der Waals surface area contributed by atoms with Crippen molar-refractivity contribution >= 4 is 87.2 Å². The molecule has 504 valence electrons. The fourth-order valence-electron chi connectivity index (χ4n) is 15.2. The summed E-state index contributed by atoms with van der Waals surface area (Å²) in [5.74, 6) is 1.35. The number of furan rings is 2. The molecule has 0 bridgehead atoms. The number of para-hydroxylation sites is 2. The Balaban J connectivity index is 0.000000143. The van der Waals surface area contributed by atoms with E-state index in [9.17, 15) is 0 Å². The molecule has 0 amide bonds. The van der Waals surface area contributed by atoms with Crippen molar-refractivity contribution in [2.45, 2.75) is 0 Å². The molecule has 0 N–H and O–H groups in total. The number of nitrogens with zero attached hydrogens (tertiary/aromatic N) is 6. The molecule has 0 unspecified atom stereocenters. The number of fused-ring (bicyclic) bond motifs is 12. The highest BCUT2D eigenvalue weighted by molar-refractivity contribution is 6.23. The van der Waals surface area contributed by atoms with Gasteiger partial charge in [-0.2, -0.15) is 0 Å². The van der Waals surface area contributed by atoms with Crippen LogP contribution in [0.5, 0.6) is 0 Å². The van der Waals surface area contributed by atoms with Crippen LogP contribution in [0.25, 0.3) is 211 Å². The normalized spacial score (nSPS) is 11.5. The summed E-state index contributed by atoms with van der Waals surface area (Å²) < 4.78 is 13.4. The zero-order valence-electron chi connectivity index (χ0n) is 58.3. The van der Waals surface area contributed by atoms with E-state index in [0.29, 0.717) is 11.6 Å². The van der Waals surface area contributed by atoms with Crippen molar-refractivity contribution in [1.29, 1.82) is 0 Å². The van der Waals surface area contributed by atoms with Crippen molar-refractivity contribution in [2.24, 2.45) is 0 Å². The first-order valence-corrected chi connectivity index (χ1v) is 36.3. The molecule has 0 spiro atoms. The molecular weight excluding hydrogens is 1320 g/mol. The Bertz CT molecular complexity index is 6840. The molecule has 0 aliphatic carbocycles. The van der Waals surface area contributed by atoms with E-state index in [1.54, 1.807) is 0 Å². The molecule has 108 heavy (non-hydrogen) atoms. The van der Waals surface area contributed by atoms with Crippen LogP contribution in [0.1, 0.15) is 0 Å². The number of pyridine rings is 2. The zero-order chi connectivity index (χ0) is 71.4. The van der Waals surface area contributed by atoms with Crippen LogP contribution < -0.4 is 0 Å². The summed E-state index contributed by atoms with van der Waals surface area (Å²) in [7, 11) is 0. The molecule has 0 aliphatic heterocycles. The highest BCUT2D eigenvalue weighted by atomic mass is 16.3. The Morgan fingerprint density at radius 1 is 0.185 bits per heavy atom. The standard InChI is InChI=1S/C53H33N3O.C47H29N3O/c1-3-12-34(13-4-1)36-22-26-39(27-23-36)47-33-48(56-53(55-47)40-28-24-37(25-29-40)35-14-5-2-6-15-35)41-30-31-46-45(32-41)52-50(44-19-9-10-21-49(44)57-52)51(54-46)43-20-11-17-38-16-7-8-18-42(38)43;1-3-13-32(14-4-1)41-29-42(33-15-5-2-6-16-33)50-47(49-41)34-24-22-30(23-25-34)35-26-27-40-39(28-35)46-44(38-19-9-10-21-43(38)51-46)45(48-40)37-20-11-17-31-12-7-8-18-36(31)37/h1-33H;1-29H. The van der Waals surface area contributed by atoms with Crippen molar-refractivity contribution in [1.82, 2.24) is 29.9 Å². The van der Waals surface area contributed by atoms with Gasteiger partial charge in [0.15, 0.2) is 11.6 Å². The van der Waals surface area contributed by atoms with Gasteiger partial charge < -0.3 is 8.83 Å². The Labute approximate surface area is 621 Å². The molecular formula is C100H62N6O2. The van der Waals surface area contributed by atoms with E-state index in [0.717, 1.165) is 172 Å². The predicted octanol–water partition coefficient (Wildman–Crippen LogP) is 26.5. The lowest BCUT2D eigenvalue weighted by molar-refractivity contribution is 0.672. The van der Waals surface area contributed by atoms with E-state index >= 15 is 0 Å². The van der Waals surface area contributed by atoms with E-state index in [1.807, 2.05) is 72.8 Å². The molecule has 0 saturated carbocycles. The van der Waals surface area contributed by atoms with Gasteiger partial charge in [0, 0.05) is 66.1 Å². The van der Waals surface area contributed by atoms with Crippen molar-refractivity contribution in [3.8, 4) is 124 Å². The Morgan fingerprint density at radius 3 is 0.917 bits per heavy atom. The number of aromatic nitrogens is 6. The van der Waals surface area contributed by atoms with Crippen LogP contribution in [0.2, 0.25) is 0 Å². The molecule has 8 heteroatoms. The van der Waals surface area contributed by atoms with Crippen molar-refractivity contribution in [2.75, 3.05) is 0 Å². The van der Waals surface area contributed by atoms with Gasteiger partial charge in [0.25, 0.3) is 0 Å². The third-order valence-corrected chi connectivity index (χ3v) is 20.6. The van der Waals surface area contributed by atoms with Gasteiger partial charge in [-0.15, -0.1) is 0 Å². The topological polar surface area (TPSA) is 104 Å². The van der Waals surface area contributed by atoms with Crippen molar-refractivity contribution in [3.63, 3.8) is 0 Å². The predicted molar refractivity (Wildman–Crippen MR) is 444 cm³/mol. The average Bonchev–Trinajstić information content (AvgIpc) is 1.54. The van der Waals surface area contributed by atoms with Crippen LogP contribution in [0.15, 0.2) is 385 Å². The monoisotopic (exact) mass is 1380 g/mol. The van der Waals surface area contributed by atoms with Gasteiger partial charge in [0.1, 0.15) is 22.3 Å². The van der Waals surface area contributed by atoms with Crippen molar-refractivity contribution < 1.29 is 8.83 Å². The number of rotatable bonds is 11. The summed E-state index contributed by atoms with van der Waals surface area (Å²) in [5, 5.41) is 10.8. The van der Waals surface area contributed by atoms with Gasteiger partial charge in [0.2, 0.25) is 0 Å². The van der Waals surface area contributed by atoms with Crippen LogP contribution >= 0.6 is 0 Å². The summed E-state index contributed by atoms with van der Waals surface area (Å²) in [6.07, 6.45) is 0. The summed E-state index contributed by atoms with van der Waals surface area (Å²) in [4.78, 5) is 31.2. The van der Waals surface area contributed by atoms with Crippen LogP contribution in [0.4, 0.5) is 0 Å². The third-order valence-electron chi connectivity index (χ3n) is 20.6. The number of benzene rings is 15. The highest BCUT2D eigenvalue weighted by Crippen LogP contribution is 2.45. The quantitative estimate of drug-likeness (QED) is 0.126. The minimum Gasteiger partial charge on any atom is -0.455 e. The van der Waals surface area contributed by atoms with Crippen LogP contribution in [-0.2, 0) is 0 Å². The summed E-state index contributed by atoms with van der Waals surface area (Å²) in [6, 6.07) is 130. The van der Waals surface area contributed by atoms with E-state index in [2.05, 4.69) is 303 Å². The maximum absolute atomic E-state index is 6.74. The fraction of sp³-hybridized carbons (Fsp3) is 0. The Kier molecular flexibility index (Phi) is 15.7. The van der Waals surface area contributed by atoms with E-state index < -0.39 is 0 Å². The van der Waals surface area contributed by atoms with E-state index in [1.165, 1.54) is 27.3 Å². The second-order valence-electron chi connectivity index (χ2n) is 27.2. The van der Waals surface area contributed by atoms with Crippen LogP contribution in [0.3, 0.4) is 0 Å². The average molecular weight is 1380 g/mol. The largest absolute Gasteiger partial charge is 0.455 e. The van der Waals surface area contributed by atoms with Gasteiger partial charge >= 0.3 is 0 Å². The molecule has 0 fully saturated rings. The first-order chi connectivity index (χ1) is 53.5. The molecule has 6 heterocycles. The smallest absolute Gasteiger partial charge is 0.160 e. The van der Waals surface area contributed by atoms with Crippen LogP contribution in [0, 0.1) is 0 Å². The maximum atomic E-state index is 6.74. The Morgan fingerprint density at radius 2 is 0.481 bits per heavy atom.